The number of amides is 2. The molecule has 2 amide bonds. The minimum absolute atomic E-state index is 0. The summed E-state index contributed by atoms with van der Waals surface area (Å²) >= 11 is 0. The van der Waals surface area contributed by atoms with E-state index in [9.17, 15) is 14.4 Å². The average molecular weight is 383 g/mol. The Kier molecular flexibility index (Phi) is 6.47. The van der Waals surface area contributed by atoms with Gasteiger partial charge in [0.25, 0.3) is 5.91 Å². The summed E-state index contributed by atoms with van der Waals surface area (Å²) in [5.41, 5.74) is 2.55. The summed E-state index contributed by atoms with van der Waals surface area (Å²) in [5, 5.41) is 3.08. The summed E-state index contributed by atoms with van der Waals surface area (Å²) in [4.78, 5) is 43.7. The first-order valence-corrected chi connectivity index (χ1v) is 8.89. The number of hydrogen-bond acceptors (Lipinski definition) is 4. The first-order chi connectivity index (χ1) is 11.9. The Morgan fingerprint density at radius 2 is 1.92 bits per heavy atom. The molecule has 2 aliphatic heterocycles. The number of likely N-dealkylation sites (tertiary alicyclic amines) is 1. The quantitative estimate of drug-likeness (QED) is 0.771. The number of Topliss-reactive ketones (excluding diaryl/α,β-unsaturated/α-hetero) is 1. The standard InChI is InChI=1S/C18H26N4O3.ClH/c1-11-16(13(3)23)12(2)20-17(11)18(25)21-7-4-5-14(10-21)22-8-6-19-9-15(22)24;/h14,19-20H,4-10H2,1-3H3;1H. The van der Waals surface area contributed by atoms with Crippen LogP contribution in [0.2, 0.25) is 0 Å². The highest BCUT2D eigenvalue weighted by molar-refractivity contribution is 6.02. The van der Waals surface area contributed by atoms with Gasteiger partial charge in [0, 0.05) is 43.5 Å². The van der Waals surface area contributed by atoms with Gasteiger partial charge in [-0.2, -0.15) is 0 Å². The molecule has 1 aromatic rings. The maximum atomic E-state index is 13.0. The molecule has 3 rings (SSSR count). The molecule has 8 heteroatoms. The number of hydrogen-bond donors (Lipinski definition) is 2. The number of H-pyrrole nitrogens is 1. The van der Waals surface area contributed by atoms with Crippen LogP contribution in [-0.4, -0.2) is 71.1 Å². The third-order valence-electron chi connectivity index (χ3n) is 5.25. The average Bonchev–Trinajstić information content (AvgIpc) is 2.89. The molecule has 1 unspecified atom stereocenters. The monoisotopic (exact) mass is 382 g/mol. The minimum atomic E-state index is -0.0830. The third-order valence-corrected chi connectivity index (χ3v) is 5.25. The lowest BCUT2D eigenvalue weighted by Gasteiger charge is -2.41. The van der Waals surface area contributed by atoms with Gasteiger partial charge >= 0.3 is 0 Å². The lowest BCUT2D eigenvalue weighted by Crippen LogP contribution is -2.57. The number of ketones is 1. The number of rotatable bonds is 3. The van der Waals surface area contributed by atoms with E-state index in [0.29, 0.717) is 37.4 Å². The number of nitrogens with zero attached hydrogens (tertiary/aromatic N) is 2. The number of aromatic nitrogens is 1. The normalized spacial score (nSPS) is 20.7. The van der Waals surface area contributed by atoms with Crippen LogP contribution in [-0.2, 0) is 4.79 Å². The van der Waals surface area contributed by atoms with Gasteiger partial charge in [-0.05, 0) is 39.2 Å². The zero-order valence-corrected chi connectivity index (χ0v) is 16.4. The Balaban J connectivity index is 0.00000243. The molecule has 0 bridgehead atoms. The van der Waals surface area contributed by atoms with Crippen molar-refractivity contribution in [2.24, 2.45) is 0 Å². The van der Waals surface area contributed by atoms with E-state index in [4.69, 9.17) is 0 Å². The van der Waals surface area contributed by atoms with Crippen molar-refractivity contribution in [3.8, 4) is 0 Å². The van der Waals surface area contributed by atoms with Gasteiger partial charge in [-0.1, -0.05) is 0 Å². The van der Waals surface area contributed by atoms with E-state index in [1.165, 1.54) is 6.92 Å². The molecule has 1 aromatic heterocycles. The highest BCUT2D eigenvalue weighted by Gasteiger charge is 2.33. The van der Waals surface area contributed by atoms with E-state index < -0.39 is 0 Å². The number of halogens is 1. The number of nitrogens with one attached hydrogen (secondary N) is 2. The van der Waals surface area contributed by atoms with Gasteiger partial charge in [0.2, 0.25) is 5.91 Å². The first-order valence-electron chi connectivity index (χ1n) is 8.89. The molecule has 2 aliphatic rings. The van der Waals surface area contributed by atoms with Crippen molar-refractivity contribution >= 4 is 30.0 Å². The molecular formula is C18H27ClN4O3. The smallest absolute Gasteiger partial charge is 0.270 e. The van der Waals surface area contributed by atoms with Crippen LogP contribution in [0, 0.1) is 13.8 Å². The van der Waals surface area contributed by atoms with Gasteiger partial charge in [-0.3, -0.25) is 14.4 Å². The van der Waals surface area contributed by atoms with Crippen LogP contribution in [0.1, 0.15) is 51.9 Å². The van der Waals surface area contributed by atoms with Gasteiger partial charge in [0.05, 0.1) is 6.54 Å². The summed E-state index contributed by atoms with van der Waals surface area (Å²) in [6, 6.07) is 0.0796. The van der Waals surface area contributed by atoms with Crippen molar-refractivity contribution in [2.45, 2.75) is 39.7 Å². The van der Waals surface area contributed by atoms with E-state index in [2.05, 4.69) is 10.3 Å². The summed E-state index contributed by atoms with van der Waals surface area (Å²) in [5.74, 6) is -0.00932. The van der Waals surface area contributed by atoms with Crippen LogP contribution < -0.4 is 5.32 Å². The zero-order chi connectivity index (χ0) is 18.1. The van der Waals surface area contributed by atoms with Crippen molar-refractivity contribution in [1.29, 1.82) is 0 Å². The van der Waals surface area contributed by atoms with Gasteiger partial charge in [0.1, 0.15) is 5.69 Å². The summed E-state index contributed by atoms with van der Waals surface area (Å²) < 4.78 is 0. The lowest BCUT2D eigenvalue weighted by atomic mass is 10.0. The molecule has 3 heterocycles. The van der Waals surface area contributed by atoms with Crippen LogP contribution >= 0.6 is 12.4 Å². The second-order valence-corrected chi connectivity index (χ2v) is 6.99. The highest BCUT2D eigenvalue weighted by atomic mass is 35.5. The molecule has 2 fully saturated rings. The van der Waals surface area contributed by atoms with Crippen LogP contribution in [0.15, 0.2) is 0 Å². The summed E-state index contributed by atoms with van der Waals surface area (Å²) in [7, 11) is 0. The first kappa shape index (κ1) is 20.5. The predicted molar refractivity (Wildman–Crippen MR) is 101 cm³/mol. The van der Waals surface area contributed by atoms with Gasteiger partial charge in [-0.15, -0.1) is 12.4 Å². The van der Waals surface area contributed by atoms with Crippen molar-refractivity contribution in [3.63, 3.8) is 0 Å². The maximum absolute atomic E-state index is 13.0. The number of aromatic amines is 1. The lowest BCUT2D eigenvalue weighted by molar-refractivity contribution is -0.135. The molecule has 2 saturated heterocycles. The van der Waals surface area contributed by atoms with Crippen molar-refractivity contribution in [3.05, 3.63) is 22.5 Å². The molecule has 144 valence electrons. The topological polar surface area (TPSA) is 85.5 Å². The highest BCUT2D eigenvalue weighted by Crippen LogP contribution is 2.23. The van der Waals surface area contributed by atoms with Crippen LogP contribution in [0.25, 0.3) is 0 Å². The minimum Gasteiger partial charge on any atom is -0.354 e. The fraction of sp³-hybridized carbons (Fsp3) is 0.611. The fourth-order valence-corrected chi connectivity index (χ4v) is 4.05. The molecule has 0 saturated carbocycles. The third kappa shape index (κ3) is 3.78. The second-order valence-electron chi connectivity index (χ2n) is 6.99. The SMILES string of the molecule is CC(=O)c1c(C)[nH]c(C(=O)N2CCCC(N3CCNCC3=O)C2)c1C.Cl. The Hall–Kier alpha value is -1.86. The van der Waals surface area contributed by atoms with Gasteiger partial charge in [0.15, 0.2) is 5.78 Å². The second kappa shape index (κ2) is 8.22. The molecule has 1 atom stereocenters. The molecule has 26 heavy (non-hydrogen) atoms. The molecule has 0 aliphatic carbocycles. The molecule has 0 spiro atoms. The Morgan fingerprint density at radius 1 is 1.19 bits per heavy atom. The van der Waals surface area contributed by atoms with Crippen LogP contribution in [0.3, 0.4) is 0 Å². The Bertz CT molecular complexity index is 716. The molecular weight excluding hydrogens is 356 g/mol. The fourth-order valence-electron chi connectivity index (χ4n) is 4.05. The van der Waals surface area contributed by atoms with Crippen LogP contribution in [0.5, 0.6) is 0 Å². The predicted octanol–water partition coefficient (Wildman–Crippen LogP) is 1.29. The summed E-state index contributed by atoms with van der Waals surface area (Å²) in [6.07, 6.45) is 1.81. The number of carbonyl (C=O) groups is 3. The number of carbonyl (C=O) groups excluding carboxylic acids is 3. The van der Waals surface area contributed by atoms with Crippen molar-refractivity contribution in [1.82, 2.24) is 20.1 Å². The number of piperazine rings is 1. The molecule has 0 radical (unpaired) electrons. The Labute approximate surface area is 159 Å². The van der Waals surface area contributed by atoms with E-state index >= 15 is 0 Å². The van der Waals surface area contributed by atoms with Gasteiger partial charge in [-0.25, -0.2) is 0 Å². The molecule has 0 aromatic carbocycles. The maximum Gasteiger partial charge on any atom is 0.270 e. The van der Waals surface area contributed by atoms with E-state index in [1.54, 1.807) is 0 Å². The van der Waals surface area contributed by atoms with Gasteiger partial charge < -0.3 is 20.1 Å². The zero-order valence-electron chi connectivity index (χ0n) is 15.6. The number of piperidine rings is 1. The van der Waals surface area contributed by atoms with E-state index in [0.717, 1.165) is 30.6 Å². The van der Waals surface area contributed by atoms with Crippen molar-refractivity contribution in [2.75, 3.05) is 32.7 Å². The number of aryl methyl sites for hydroxylation is 1. The largest absolute Gasteiger partial charge is 0.354 e. The summed E-state index contributed by atoms with van der Waals surface area (Å²) in [6.45, 7) is 8.26. The van der Waals surface area contributed by atoms with Crippen LogP contribution in [0.4, 0.5) is 0 Å². The molecule has 7 nitrogen and oxygen atoms in total. The van der Waals surface area contributed by atoms with Crippen molar-refractivity contribution < 1.29 is 14.4 Å². The molecule has 2 N–H and O–H groups in total. The van der Waals surface area contributed by atoms with E-state index in [1.807, 2.05) is 23.6 Å². The van der Waals surface area contributed by atoms with E-state index in [-0.39, 0.29) is 36.0 Å². The Morgan fingerprint density at radius 3 is 2.54 bits per heavy atom.